The Morgan fingerprint density at radius 1 is 0.720 bits per heavy atom. The number of benzene rings is 1. The number of aliphatic hydroxyl groups is 1. The van der Waals surface area contributed by atoms with Gasteiger partial charge in [0.1, 0.15) is 5.75 Å². The largest absolute Gasteiger partial charge is 0.507 e. The molecule has 0 heterocycles. The third-order valence-electron chi connectivity index (χ3n) is 4.97. The summed E-state index contributed by atoms with van der Waals surface area (Å²) in [6.07, 6.45) is 11.6. The molecule has 2 nitrogen and oxygen atoms in total. The first-order valence-electron chi connectivity index (χ1n) is 10.4. The van der Waals surface area contributed by atoms with Crippen LogP contribution in [-0.4, -0.2) is 10.2 Å². The molecule has 1 aromatic carbocycles. The van der Waals surface area contributed by atoms with Crippen LogP contribution in [0.5, 0.6) is 5.75 Å². The molecule has 0 saturated carbocycles. The Hall–Kier alpha value is -1.02. The summed E-state index contributed by atoms with van der Waals surface area (Å²) in [5.41, 5.74) is 2.98. The van der Waals surface area contributed by atoms with Crippen molar-refractivity contribution in [2.75, 3.05) is 0 Å². The molecule has 2 N–H and O–H groups in total. The summed E-state index contributed by atoms with van der Waals surface area (Å²) in [4.78, 5) is 0. The van der Waals surface area contributed by atoms with Crippen LogP contribution in [0.2, 0.25) is 0 Å². The van der Waals surface area contributed by atoms with Gasteiger partial charge in [0.05, 0.1) is 6.61 Å². The SMILES string of the molecule is CC(C)CCCCCc1cc(CO)cc(CCCCCC(C)C)c1O. The van der Waals surface area contributed by atoms with Crippen molar-refractivity contribution in [1.29, 1.82) is 0 Å². The normalized spacial score (nSPS) is 11.6. The van der Waals surface area contributed by atoms with Crippen molar-refractivity contribution < 1.29 is 10.2 Å². The number of aliphatic hydroxyl groups excluding tert-OH is 1. The molecular formula is C23H40O2. The lowest BCUT2D eigenvalue weighted by molar-refractivity contribution is 0.281. The number of phenolic OH excluding ortho intramolecular Hbond substituents is 1. The number of unbranched alkanes of at least 4 members (excludes halogenated alkanes) is 4. The van der Waals surface area contributed by atoms with Crippen LogP contribution in [0.15, 0.2) is 12.1 Å². The Kier molecular flexibility index (Phi) is 10.9. The van der Waals surface area contributed by atoms with E-state index in [1.54, 1.807) is 0 Å². The molecular weight excluding hydrogens is 308 g/mol. The first-order valence-corrected chi connectivity index (χ1v) is 10.4. The Labute approximate surface area is 155 Å². The number of aryl methyl sites for hydroxylation is 2. The fourth-order valence-corrected chi connectivity index (χ4v) is 3.39. The summed E-state index contributed by atoms with van der Waals surface area (Å²) in [6, 6.07) is 3.97. The van der Waals surface area contributed by atoms with Crippen LogP contribution in [0.25, 0.3) is 0 Å². The second-order valence-corrected chi connectivity index (χ2v) is 8.41. The van der Waals surface area contributed by atoms with Gasteiger partial charge in [0.15, 0.2) is 0 Å². The Morgan fingerprint density at radius 2 is 1.16 bits per heavy atom. The van der Waals surface area contributed by atoms with Gasteiger partial charge in [-0.15, -0.1) is 0 Å². The molecule has 2 heteroatoms. The van der Waals surface area contributed by atoms with Crippen LogP contribution in [0, 0.1) is 11.8 Å². The quantitative estimate of drug-likeness (QED) is 0.405. The highest BCUT2D eigenvalue weighted by molar-refractivity contribution is 5.44. The molecule has 0 radical (unpaired) electrons. The Morgan fingerprint density at radius 3 is 1.52 bits per heavy atom. The fourth-order valence-electron chi connectivity index (χ4n) is 3.39. The highest BCUT2D eigenvalue weighted by atomic mass is 16.3. The monoisotopic (exact) mass is 348 g/mol. The van der Waals surface area contributed by atoms with Crippen molar-refractivity contribution in [2.24, 2.45) is 11.8 Å². The maximum absolute atomic E-state index is 10.6. The van der Waals surface area contributed by atoms with Crippen LogP contribution in [0.1, 0.15) is 95.8 Å². The summed E-state index contributed by atoms with van der Waals surface area (Å²) in [7, 11) is 0. The second kappa shape index (κ2) is 12.4. The van der Waals surface area contributed by atoms with Gasteiger partial charge in [-0.2, -0.15) is 0 Å². The van der Waals surface area contributed by atoms with E-state index in [0.29, 0.717) is 5.75 Å². The average molecular weight is 349 g/mol. The van der Waals surface area contributed by atoms with Crippen LogP contribution in [-0.2, 0) is 19.4 Å². The summed E-state index contributed by atoms with van der Waals surface area (Å²) >= 11 is 0. The lowest BCUT2D eigenvalue weighted by Crippen LogP contribution is -1.97. The zero-order chi connectivity index (χ0) is 18.7. The predicted octanol–water partition coefficient (Wildman–Crippen LogP) is 6.40. The lowest BCUT2D eigenvalue weighted by Gasteiger charge is -2.13. The minimum absolute atomic E-state index is 0.0565. The molecule has 0 spiro atoms. The number of hydrogen-bond acceptors (Lipinski definition) is 2. The molecule has 0 atom stereocenters. The fraction of sp³-hybridized carbons (Fsp3) is 0.739. The predicted molar refractivity (Wildman–Crippen MR) is 108 cm³/mol. The lowest BCUT2D eigenvalue weighted by atomic mass is 9.95. The van der Waals surface area contributed by atoms with Crippen LogP contribution < -0.4 is 0 Å². The summed E-state index contributed by atoms with van der Waals surface area (Å²) < 4.78 is 0. The molecule has 0 aliphatic heterocycles. The van der Waals surface area contributed by atoms with Crippen molar-refractivity contribution >= 4 is 0 Å². The highest BCUT2D eigenvalue weighted by Crippen LogP contribution is 2.28. The minimum atomic E-state index is 0.0565. The van der Waals surface area contributed by atoms with Crippen molar-refractivity contribution in [3.8, 4) is 5.75 Å². The molecule has 0 amide bonds. The first kappa shape index (κ1) is 22.0. The summed E-state index contributed by atoms with van der Waals surface area (Å²) in [6.45, 7) is 9.13. The molecule has 144 valence electrons. The number of rotatable bonds is 13. The van der Waals surface area contributed by atoms with Gasteiger partial charge in [-0.1, -0.05) is 66.2 Å². The van der Waals surface area contributed by atoms with E-state index >= 15 is 0 Å². The molecule has 0 bridgehead atoms. The zero-order valence-electron chi connectivity index (χ0n) is 17.0. The van der Waals surface area contributed by atoms with Gasteiger partial charge in [-0.05, 0) is 66.3 Å². The zero-order valence-corrected chi connectivity index (χ0v) is 17.0. The van der Waals surface area contributed by atoms with E-state index in [9.17, 15) is 10.2 Å². The van der Waals surface area contributed by atoms with E-state index in [4.69, 9.17) is 0 Å². The third-order valence-corrected chi connectivity index (χ3v) is 4.97. The van der Waals surface area contributed by atoms with E-state index in [1.807, 2.05) is 12.1 Å². The summed E-state index contributed by atoms with van der Waals surface area (Å²) in [5.74, 6) is 2.02. The number of phenols is 1. The van der Waals surface area contributed by atoms with Crippen molar-refractivity contribution in [3.63, 3.8) is 0 Å². The molecule has 0 saturated heterocycles. The molecule has 0 aliphatic carbocycles. The van der Waals surface area contributed by atoms with E-state index < -0.39 is 0 Å². The molecule has 1 aromatic rings. The van der Waals surface area contributed by atoms with Gasteiger partial charge >= 0.3 is 0 Å². The maximum atomic E-state index is 10.6. The number of aromatic hydroxyl groups is 1. The topological polar surface area (TPSA) is 40.5 Å². The molecule has 0 aliphatic rings. The third kappa shape index (κ3) is 9.30. The van der Waals surface area contributed by atoms with Gasteiger partial charge < -0.3 is 10.2 Å². The molecule has 25 heavy (non-hydrogen) atoms. The summed E-state index contributed by atoms with van der Waals surface area (Å²) in [5, 5.41) is 20.2. The standard InChI is InChI=1S/C23H40O2/c1-18(2)11-7-5-9-13-21-15-20(17-24)16-22(23(21)25)14-10-6-8-12-19(3)4/h15-16,18-19,24-25H,5-14,17H2,1-4H3. The van der Waals surface area contributed by atoms with E-state index in [-0.39, 0.29) is 6.61 Å². The van der Waals surface area contributed by atoms with Gasteiger partial charge in [0.2, 0.25) is 0 Å². The van der Waals surface area contributed by atoms with Gasteiger partial charge in [-0.25, -0.2) is 0 Å². The van der Waals surface area contributed by atoms with Crippen molar-refractivity contribution in [1.82, 2.24) is 0 Å². The van der Waals surface area contributed by atoms with E-state index in [2.05, 4.69) is 27.7 Å². The van der Waals surface area contributed by atoms with E-state index in [0.717, 1.165) is 54.2 Å². The van der Waals surface area contributed by atoms with E-state index in [1.165, 1.54) is 38.5 Å². The van der Waals surface area contributed by atoms with Gasteiger partial charge in [0, 0.05) is 0 Å². The minimum Gasteiger partial charge on any atom is -0.507 e. The molecule has 0 unspecified atom stereocenters. The Balaban J connectivity index is 2.54. The smallest absolute Gasteiger partial charge is 0.121 e. The van der Waals surface area contributed by atoms with Gasteiger partial charge in [0.25, 0.3) is 0 Å². The molecule has 0 aromatic heterocycles. The van der Waals surface area contributed by atoms with Crippen LogP contribution in [0.4, 0.5) is 0 Å². The van der Waals surface area contributed by atoms with Crippen molar-refractivity contribution in [2.45, 2.75) is 98.5 Å². The van der Waals surface area contributed by atoms with Gasteiger partial charge in [-0.3, -0.25) is 0 Å². The Bertz CT molecular complexity index is 438. The number of hydrogen-bond donors (Lipinski definition) is 2. The highest BCUT2D eigenvalue weighted by Gasteiger charge is 2.10. The average Bonchev–Trinajstić information content (AvgIpc) is 2.56. The van der Waals surface area contributed by atoms with Crippen molar-refractivity contribution in [3.05, 3.63) is 28.8 Å². The van der Waals surface area contributed by atoms with Crippen LogP contribution in [0.3, 0.4) is 0 Å². The van der Waals surface area contributed by atoms with Crippen LogP contribution >= 0.6 is 0 Å². The first-order chi connectivity index (χ1) is 11.9. The maximum Gasteiger partial charge on any atom is 0.121 e. The molecule has 0 fully saturated rings. The second-order valence-electron chi connectivity index (χ2n) is 8.41. The molecule has 1 rings (SSSR count).